The van der Waals surface area contributed by atoms with Gasteiger partial charge in [-0.05, 0) is 12.1 Å². The Labute approximate surface area is 123 Å². The van der Waals surface area contributed by atoms with E-state index >= 15 is 0 Å². The van der Waals surface area contributed by atoms with Crippen LogP contribution in [0.4, 0.5) is 0 Å². The molecule has 10 heteroatoms. The Morgan fingerprint density at radius 2 is 1.77 bits per heavy atom. The second-order valence-electron chi connectivity index (χ2n) is 4.95. The smallest absolute Gasteiger partial charge is 0.342 e. The van der Waals surface area contributed by atoms with E-state index in [1.165, 1.54) is 18.3 Å². The molecule has 7 N–H and O–H groups in total. The number of rotatable bonds is 2. The largest absolute Gasteiger partial charge is 0.423 e. The lowest BCUT2D eigenvalue weighted by atomic mass is 9.79. The van der Waals surface area contributed by atoms with Gasteiger partial charge in [-0.15, -0.1) is 0 Å². The number of esters is 1. The standard InChI is InChI=1S/C12H15NO9/c14-6-7(15)11(19,20)10(18)12(21,8(6)16)22-9(17)5-2-1-3-13-4-5/h1-4,6-8,10,14-16,18-21H/t6-,7+,8+,10-,12+/m0/s1. The summed E-state index contributed by atoms with van der Waals surface area (Å²) in [4.78, 5) is 15.5. The Morgan fingerprint density at radius 1 is 1.14 bits per heavy atom. The first-order valence-corrected chi connectivity index (χ1v) is 6.15. The quantitative estimate of drug-likeness (QED) is 0.210. The minimum Gasteiger partial charge on any atom is -0.423 e. The van der Waals surface area contributed by atoms with E-state index in [0.717, 1.165) is 6.20 Å². The fraction of sp³-hybridized carbons (Fsp3) is 0.500. The van der Waals surface area contributed by atoms with Crippen LogP contribution in [0.2, 0.25) is 0 Å². The second kappa shape index (κ2) is 5.52. The van der Waals surface area contributed by atoms with Crippen molar-refractivity contribution in [2.45, 2.75) is 36.0 Å². The topological polar surface area (TPSA) is 181 Å². The van der Waals surface area contributed by atoms with Crippen molar-refractivity contribution < 1.29 is 45.3 Å². The summed E-state index contributed by atoms with van der Waals surface area (Å²) < 4.78 is 4.53. The van der Waals surface area contributed by atoms with Crippen molar-refractivity contribution in [2.24, 2.45) is 0 Å². The summed E-state index contributed by atoms with van der Waals surface area (Å²) in [6.45, 7) is 0. The van der Waals surface area contributed by atoms with E-state index in [1.807, 2.05) is 0 Å². The monoisotopic (exact) mass is 317 g/mol. The molecule has 1 aliphatic rings. The number of hydrogen-bond donors (Lipinski definition) is 7. The molecule has 1 fully saturated rings. The molecule has 122 valence electrons. The van der Waals surface area contributed by atoms with Crippen molar-refractivity contribution >= 4 is 5.97 Å². The number of aliphatic hydroxyl groups excluding tert-OH is 4. The van der Waals surface area contributed by atoms with E-state index in [-0.39, 0.29) is 5.56 Å². The zero-order valence-corrected chi connectivity index (χ0v) is 11.0. The predicted molar refractivity (Wildman–Crippen MR) is 65.8 cm³/mol. The molecule has 0 radical (unpaired) electrons. The highest BCUT2D eigenvalue weighted by Crippen LogP contribution is 2.36. The van der Waals surface area contributed by atoms with Gasteiger partial charge in [-0.3, -0.25) is 4.98 Å². The number of nitrogens with zero attached hydrogens (tertiary/aromatic N) is 1. The molecule has 0 aromatic carbocycles. The van der Waals surface area contributed by atoms with Crippen LogP contribution in [0, 0.1) is 0 Å². The highest BCUT2D eigenvalue weighted by Gasteiger charge is 2.67. The Morgan fingerprint density at radius 3 is 2.32 bits per heavy atom. The van der Waals surface area contributed by atoms with E-state index in [9.17, 15) is 40.5 Å². The molecule has 0 bridgehead atoms. The van der Waals surface area contributed by atoms with Crippen LogP contribution in [0.15, 0.2) is 24.5 Å². The van der Waals surface area contributed by atoms with Crippen molar-refractivity contribution in [1.29, 1.82) is 0 Å². The molecule has 5 atom stereocenters. The lowest BCUT2D eigenvalue weighted by Gasteiger charge is -2.49. The zero-order chi connectivity index (χ0) is 16.7. The molecule has 1 heterocycles. The molecule has 0 saturated heterocycles. The molecule has 1 aliphatic carbocycles. The predicted octanol–water partition coefficient (Wildman–Crippen LogP) is -3.93. The van der Waals surface area contributed by atoms with Gasteiger partial charge in [0.25, 0.3) is 5.79 Å². The molecular formula is C12H15NO9. The number of aliphatic hydroxyl groups is 7. The molecule has 0 spiro atoms. The van der Waals surface area contributed by atoms with Gasteiger partial charge in [-0.25, -0.2) is 4.79 Å². The number of carbonyl (C=O) groups is 1. The van der Waals surface area contributed by atoms with Crippen LogP contribution < -0.4 is 0 Å². The van der Waals surface area contributed by atoms with Gasteiger partial charge >= 0.3 is 5.97 Å². The third-order valence-corrected chi connectivity index (χ3v) is 3.45. The highest BCUT2D eigenvalue weighted by molar-refractivity contribution is 5.89. The molecular weight excluding hydrogens is 302 g/mol. The van der Waals surface area contributed by atoms with E-state index in [0.29, 0.717) is 0 Å². The van der Waals surface area contributed by atoms with Crippen molar-refractivity contribution in [1.82, 2.24) is 4.98 Å². The lowest BCUT2D eigenvalue weighted by molar-refractivity contribution is -0.410. The first kappa shape index (κ1) is 16.7. The van der Waals surface area contributed by atoms with Crippen molar-refractivity contribution in [3.05, 3.63) is 30.1 Å². The molecule has 1 aromatic heterocycles. The van der Waals surface area contributed by atoms with Crippen molar-refractivity contribution in [3.63, 3.8) is 0 Å². The third-order valence-electron chi connectivity index (χ3n) is 3.45. The van der Waals surface area contributed by atoms with Crippen molar-refractivity contribution in [3.8, 4) is 0 Å². The van der Waals surface area contributed by atoms with Crippen molar-refractivity contribution in [2.75, 3.05) is 0 Å². The summed E-state index contributed by atoms with van der Waals surface area (Å²) in [6.07, 6.45) is -7.41. The van der Waals surface area contributed by atoms with E-state index in [2.05, 4.69) is 9.72 Å². The van der Waals surface area contributed by atoms with Gasteiger partial charge in [0.15, 0.2) is 12.2 Å². The van der Waals surface area contributed by atoms with Gasteiger partial charge in [0.05, 0.1) is 5.56 Å². The molecule has 1 aromatic rings. The normalized spacial score (nSPS) is 37.6. The van der Waals surface area contributed by atoms with Crippen LogP contribution in [-0.2, 0) is 4.74 Å². The van der Waals surface area contributed by atoms with Gasteiger partial charge in [-0.1, -0.05) is 0 Å². The summed E-state index contributed by atoms with van der Waals surface area (Å²) in [5, 5.41) is 67.6. The van der Waals surface area contributed by atoms with Gasteiger partial charge in [0.2, 0.25) is 5.79 Å². The Hall–Kier alpha value is -1.66. The van der Waals surface area contributed by atoms with E-state index in [1.54, 1.807) is 0 Å². The molecule has 0 unspecified atom stereocenters. The fourth-order valence-electron chi connectivity index (χ4n) is 2.10. The number of carbonyl (C=O) groups excluding carboxylic acids is 1. The summed E-state index contributed by atoms with van der Waals surface area (Å²) in [5.74, 6) is -7.95. The maximum Gasteiger partial charge on any atom is 0.342 e. The van der Waals surface area contributed by atoms with Crippen LogP contribution in [-0.4, -0.2) is 82.7 Å². The molecule has 22 heavy (non-hydrogen) atoms. The van der Waals surface area contributed by atoms with Gasteiger partial charge in [0.1, 0.15) is 12.2 Å². The van der Waals surface area contributed by atoms with Crippen LogP contribution in [0.1, 0.15) is 10.4 Å². The van der Waals surface area contributed by atoms with Gasteiger partial charge in [-0.2, -0.15) is 0 Å². The number of ether oxygens (including phenoxy) is 1. The Bertz CT molecular complexity index is 551. The lowest BCUT2D eigenvalue weighted by Crippen LogP contribution is -2.77. The fourth-order valence-corrected chi connectivity index (χ4v) is 2.10. The summed E-state index contributed by atoms with van der Waals surface area (Å²) >= 11 is 0. The Balaban J connectivity index is 2.32. The minimum absolute atomic E-state index is 0.169. The second-order valence-corrected chi connectivity index (χ2v) is 4.95. The summed E-state index contributed by atoms with van der Waals surface area (Å²) in [6, 6.07) is 2.62. The van der Waals surface area contributed by atoms with Crippen LogP contribution >= 0.6 is 0 Å². The molecule has 2 rings (SSSR count). The number of hydrogen-bond acceptors (Lipinski definition) is 10. The summed E-state index contributed by atoms with van der Waals surface area (Å²) in [7, 11) is 0. The molecule has 1 saturated carbocycles. The highest BCUT2D eigenvalue weighted by atomic mass is 16.7. The summed E-state index contributed by atoms with van der Waals surface area (Å²) in [5.41, 5.74) is -0.169. The van der Waals surface area contributed by atoms with Crippen LogP contribution in [0.5, 0.6) is 0 Å². The van der Waals surface area contributed by atoms with E-state index in [4.69, 9.17) is 0 Å². The average molecular weight is 317 g/mol. The molecule has 0 amide bonds. The Kier molecular flexibility index (Phi) is 4.19. The van der Waals surface area contributed by atoms with Gasteiger partial charge in [0, 0.05) is 12.4 Å². The van der Waals surface area contributed by atoms with Crippen LogP contribution in [0.25, 0.3) is 0 Å². The maximum absolute atomic E-state index is 11.9. The van der Waals surface area contributed by atoms with E-state index < -0.39 is 42.0 Å². The maximum atomic E-state index is 11.9. The number of pyridine rings is 1. The zero-order valence-electron chi connectivity index (χ0n) is 11.0. The SMILES string of the molecule is O=C(O[C@]1(O)[C@H](O)[C@@H](O)[C@@H](O)C(O)(O)[C@@H]1O)c1cccnc1. The average Bonchev–Trinajstić information content (AvgIpc) is 2.51. The first-order chi connectivity index (χ1) is 10.1. The van der Waals surface area contributed by atoms with Crippen LogP contribution in [0.3, 0.4) is 0 Å². The van der Waals surface area contributed by atoms with Gasteiger partial charge < -0.3 is 40.5 Å². The number of aromatic nitrogens is 1. The third kappa shape index (κ3) is 2.46. The molecule has 0 aliphatic heterocycles. The first-order valence-electron chi connectivity index (χ1n) is 6.15. The molecule has 10 nitrogen and oxygen atoms in total. The minimum atomic E-state index is -3.43.